The molecule has 0 aliphatic rings. The highest BCUT2D eigenvalue weighted by Gasteiger charge is 2.12. The van der Waals surface area contributed by atoms with E-state index in [-0.39, 0.29) is 22.4 Å². The van der Waals surface area contributed by atoms with E-state index in [4.69, 9.17) is 27.5 Å². The second kappa shape index (κ2) is 5.01. The molecule has 0 fully saturated rings. The number of ether oxygens (including phenoxy) is 1. The summed E-state index contributed by atoms with van der Waals surface area (Å²) in [5.41, 5.74) is 5.73. The Kier molecular flexibility index (Phi) is 3.43. The van der Waals surface area contributed by atoms with E-state index in [1.165, 1.54) is 30.6 Å². The van der Waals surface area contributed by atoms with Gasteiger partial charge < -0.3 is 10.5 Å². The molecule has 0 bridgehead atoms. The van der Waals surface area contributed by atoms with Crippen molar-refractivity contribution in [3.8, 4) is 11.5 Å². The number of nitrogens with two attached hydrogens (primary N) is 1. The smallest absolute Gasteiger partial charge is 0.184 e. The van der Waals surface area contributed by atoms with Crippen molar-refractivity contribution in [2.75, 3.05) is 0 Å². The zero-order valence-corrected chi connectivity index (χ0v) is 9.91. The minimum atomic E-state index is -0.669. The van der Waals surface area contributed by atoms with Gasteiger partial charge >= 0.3 is 0 Å². The molecule has 0 aliphatic carbocycles. The number of aromatic nitrogens is 1. The van der Waals surface area contributed by atoms with E-state index in [1.807, 2.05) is 0 Å². The maximum atomic E-state index is 13.7. The SMILES string of the molecule is N=C(N)c1ccncc1Oc1cccc(Cl)c1F. The van der Waals surface area contributed by atoms with Crippen LogP contribution >= 0.6 is 11.6 Å². The summed E-state index contributed by atoms with van der Waals surface area (Å²) in [6.07, 6.45) is 2.83. The monoisotopic (exact) mass is 265 g/mol. The largest absolute Gasteiger partial charge is 0.452 e. The highest BCUT2D eigenvalue weighted by atomic mass is 35.5. The normalized spacial score (nSPS) is 10.1. The number of nitrogens with zero attached hydrogens (tertiary/aromatic N) is 1. The fourth-order valence-corrected chi connectivity index (χ4v) is 1.53. The standard InChI is InChI=1S/C12H9ClFN3O/c13-8-2-1-3-9(11(8)14)18-10-6-17-5-4-7(10)12(15)16/h1-6H,(H3,15,16). The van der Waals surface area contributed by atoms with E-state index in [2.05, 4.69) is 4.98 Å². The Hall–Kier alpha value is -2.14. The van der Waals surface area contributed by atoms with Gasteiger partial charge in [-0.1, -0.05) is 17.7 Å². The Labute approximate surface area is 108 Å². The minimum absolute atomic E-state index is 0.0410. The first-order valence-corrected chi connectivity index (χ1v) is 5.37. The second-order valence-corrected chi connectivity index (χ2v) is 3.85. The average molecular weight is 266 g/mol. The van der Waals surface area contributed by atoms with Gasteiger partial charge in [0, 0.05) is 6.20 Å². The van der Waals surface area contributed by atoms with Crippen LogP contribution in [0.15, 0.2) is 36.7 Å². The van der Waals surface area contributed by atoms with Crippen LogP contribution < -0.4 is 10.5 Å². The molecule has 6 heteroatoms. The fraction of sp³-hybridized carbons (Fsp3) is 0. The van der Waals surface area contributed by atoms with Crippen LogP contribution in [0.25, 0.3) is 0 Å². The Morgan fingerprint density at radius 3 is 2.83 bits per heavy atom. The average Bonchev–Trinajstić information content (AvgIpc) is 2.35. The highest BCUT2D eigenvalue weighted by Crippen LogP contribution is 2.29. The van der Waals surface area contributed by atoms with Gasteiger partial charge in [0.25, 0.3) is 0 Å². The van der Waals surface area contributed by atoms with E-state index in [0.717, 1.165) is 0 Å². The molecule has 1 aromatic carbocycles. The van der Waals surface area contributed by atoms with Crippen LogP contribution in [0.4, 0.5) is 4.39 Å². The van der Waals surface area contributed by atoms with E-state index in [9.17, 15) is 4.39 Å². The summed E-state index contributed by atoms with van der Waals surface area (Å²) in [7, 11) is 0. The third-order valence-electron chi connectivity index (χ3n) is 2.21. The lowest BCUT2D eigenvalue weighted by atomic mass is 10.2. The van der Waals surface area contributed by atoms with Crippen molar-refractivity contribution in [1.82, 2.24) is 4.98 Å². The number of nitrogen functional groups attached to an aromatic ring is 1. The van der Waals surface area contributed by atoms with E-state index >= 15 is 0 Å². The number of nitrogens with one attached hydrogen (secondary N) is 1. The van der Waals surface area contributed by atoms with Crippen molar-refractivity contribution in [3.05, 3.63) is 53.1 Å². The molecule has 2 aromatic rings. The molecule has 0 spiro atoms. The molecule has 0 unspecified atom stereocenters. The lowest BCUT2D eigenvalue weighted by Gasteiger charge is -2.10. The van der Waals surface area contributed by atoms with Gasteiger partial charge in [0.15, 0.2) is 17.3 Å². The number of pyridine rings is 1. The molecule has 0 amide bonds. The first-order valence-electron chi connectivity index (χ1n) is 5.00. The van der Waals surface area contributed by atoms with E-state index in [1.54, 1.807) is 6.07 Å². The fourth-order valence-electron chi connectivity index (χ4n) is 1.37. The van der Waals surface area contributed by atoms with Crippen LogP contribution in [-0.2, 0) is 0 Å². The maximum Gasteiger partial charge on any atom is 0.184 e. The van der Waals surface area contributed by atoms with Gasteiger partial charge in [-0.25, -0.2) is 4.39 Å². The molecule has 0 saturated carbocycles. The lowest BCUT2D eigenvalue weighted by molar-refractivity contribution is 0.440. The van der Waals surface area contributed by atoms with Crippen molar-refractivity contribution in [1.29, 1.82) is 5.41 Å². The van der Waals surface area contributed by atoms with Gasteiger partial charge in [-0.2, -0.15) is 0 Å². The molecule has 0 aliphatic heterocycles. The van der Waals surface area contributed by atoms with Crippen LogP contribution in [0.3, 0.4) is 0 Å². The van der Waals surface area contributed by atoms with Crippen molar-refractivity contribution in [2.45, 2.75) is 0 Å². The molecule has 3 N–H and O–H groups in total. The molecule has 0 saturated heterocycles. The molecule has 1 heterocycles. The Morgan fingerprint density at radius 2 is 2.11 bits per heavy atom. The second-order valence-electron chi connectivity index (χ2n) is 3.44. The van der Waals surface area contributed by atoms with Crippen molar-refractivity contribution in [2.24, 2.45) is 5.73 Å². The topological polar surface area (TPSA) is 72.0 Å². The molecular weight excluding hydrogens is 257 g/mol. The summed E-state index contributed by atoms with van der Waals surface area (Å²) in [5, 5.41) is 7.35. The van der Waals surface area contributed by atoms with Gasteiger partial charge in [0.2, 0.25) is 0 Å². The van der Waals surface area contributed by atoms with E-state index < -0.39 is 5.82 Å². The highest BCUT2D eigenvalue weighted by molar-refractivity contribution is 6.30. The third kappa shape index (κ3) is 2.41. The van der Waals surface area contributed by atoms with Crippen LogP contribution in [0.5, 0.6) is 11.5 Å². The number of rotatable bonds is 3. The van der Waals surface area contributed by atoms with Crippen molar-refractivity contribution >= 4 is 17.4 Å². The number of amidine groups is 1. The number of halogens is 2. The molecule has 1 aromatic heterocycles. The van der Waals surface area contributed by atoms with Gasteiger partial charge in [0.05, 0.1) is 16.8 Å². The van der Waals surface area contributed by atoms with Crippen LogP contribution in [0.1, 0.15) is 5.56 Å². The number of hydrogen-bond donors (Lipinski definition) is 2. The Balaban J connectivity index is 2.40. The maximum absolute atomic E-state index is 13.7. The van der Waals surface area contributed by atoms with Crippen LogP contribution in [-0.4, -0.2) is 10.8 Å². The molecule has 4 nitrogen and oxygen atoms in total. The third-order valence-corrected chi connectivity index (χ3v) is 2.50. The summed E-state index contributed by atoms with van der Waals surface area (Å²) >= 11 is 5.64. The first kappa shape index (κ1) is 12.3. The van der Waals surface area contributed by atoms with Crippen LogP contribution in [0.2, 0.25) is 5.02 Å². The van der Waals surface area contributed by atoms with Crippen molar-refractivity contribution < 1.29 is 9.13 Å². The quantitative estimate of drug-likeness (QED) is 0.662. The molecule has 0 atom stereocenters. The Bertz CT molecular complexity index is 604. The summed E-state index contributed by atoms with van der Waals surface area (Å²) in [6.45, 7) is 0. The van der Waals surface area contributed by atoms with Gasteiger partial charge in [-0.15, -0.1) is 0 Å². The van der Waals surface area contributed by atoms with Gasteiger partial charge in [-0.05, 0) is 18.2 Å². The molecule has 92 valence electrons. The minimum Gasteiger partial charge on any atom is -0.452 e. The zero-order chi connectivity index (χ0) is 13.1. The summed E-state index contributed by atoms with van der Waals surface area (Å²) in [6, 6.07) is 5.92. The summed E-state index contributed by atoms with van der Waals surface area (Å²) in [5.74, 6) is -0.698. The van der Waals surface area contributed by atoms with E-state index in [0.29, 0.717) is 5.56 Å². The zero-order valence-electron chi connectivity index (χ0n) is 9.15. The lowest BCUT2D eigenvalue weighted by Crippen LogP contribution is -2.12. The van der Waals surface area contributed by atoms with Crippen LogP contribution in [0, 0.1) is 11.2 Å². The molecular formula is C12H9ClFN3O. The predicted molar refractivity (Wildman–Crippen MR) is 66.7 cm³/mol. The van der Waals surface area contributed by atoms with Gasteiger partial charge in [-0.3, -0.25) is 10.4 Å². The number of benzene rings is 1. The molecule has 18 heavy (non-hydrogen) atoms. The molecule has 0 radical (unpaired) electrons. The first-order chi connectivity index (χ1) is 8.59. The summed E-state index contributed by atoms with van der Waals surface area (Å²) in [4.78, 5) is 3.84. The van der Waals surface area contributed by atoms with Crippen molar-refractivity contribution in [3.63, 3.8) is 0 Å². The van der Waals surface area contributed by atoms with Gasteiger partial charge in [0.1, 0.15) is 5.84 Å². The molecule has 2 rings (SSSR count). The number of hydrogen-bond acceptors (Lipinski definition) is 3. The summed E-state index contributed by atoms with van der Waals surface area (Å²) < 4.78 is 19.0. The predicted octanol–water partition coefficient (Wildman–Crippen LogP) is 2.95. The Morgan fingerprint density at radius 1 is 1.33 bits per heavy atom.